The Morgan fingerprint density at radius 2 is 1.97 bits per heavy atom. The van der Waals surface area contributed by atoms with Crippen molar-refractivity contribution < 1.29 is 37.4 Å². The van der Waals surface area contributed by atoms with Crippen LogP contribution < -0.4 is 11.2 Å². The van der Waals surface area contributed by atoms with E-state index in [0.29, 0.717) is 0 Å². The van der Waals surface area contributed by atoms with Crippen LogP contribution in [0.3, 0.4) is 0 Å². The number of aromatic amines is 1. The molecule has 1 aliphatic rings. The number of nitrogens with one attached hydrogen (secondary N) is 1. The van der Waals surface area contributed by atoms with Gasteiger partial charge in [-0.25, -0.2) is 9.79 Å². The zero-order valence-corrected chi connectivity index (χ0v) is 20.0. The minimum Gasteiger partial charge on any atom is -0.374 e. The van der Waals surface area contributed by atoms with Crippen molar-refractivity contribution in [3.8, 4) is 0 Å². The quantitative estimate of drug-likeness (QED) is 0.321. The number of hydrogen-bond donors (Lipinski definition) is 3. The molecular formula is C15H25N3O10P2S. The molecule has 2 rings (SSSR count). The monoisotopic (exact) mass is 501 g/mol. The van der Waals surface area contributed by atoms with Crippen LogP contribution in [0.1, 0.15) is 27.0 Å². The molecule has 0 saturated carbocycles. The molecule has 0 bridgehead atoms. The highest BCUT2D eigenvalue weighted by molar-refractivity contribution is 8.07. The average molecular weight is 501 g/mol. The molecule has 4 unspecified atom stereocenters. The van der Waals surface area contributed by atoms with Gasteiger partial charge in [-0.2, -0.15) is 0 Å². The molecule has 1 aromatic rings. The number of aliphatic imine (C=N–C) groups is 1. The van der Waals surface area contributed by atoms with Crippen LogP contribution in [0.25, 0.3) is 0 Å². The second-order valence-corrected chi connectivity index (χ2v) is 11.5. The molecule has 0 aliphatic carbocycles. The van der Waals surface area contributed by atoms with E-state index in [1.54, 1.807) is 13.8 Å². The summed E-state index contributed by atoms with van der Waals surface area (Å²) in [6.07, 6.45) is -4.12. The fourth-order valence-electron chi connectivity index (χ4n) is 2.77. The highest BCUT2D eigenvalue weighted by atomic mass is 32.5. The molecule has 0 aromatic carbocycles. The molecule has 0 spiro atoms. The molecule has 0 amide bonds. The lowest BCUT2D eigenvalue weighted by molar-refractivity contribution is -0.0523. The highest BCUT2D eigenvalue weighted by Crippen LogP contribution is 2.51. The summed E-state index contributed by atoms with van der Waals surface area (Å²) in [4.78, 5) is 50.1. The first kappa shape index (κ1) is 26.2. The molecule has 0 radical (unpaired) electrons. The molecule has 1 saturated heterocycles. The summed E-state index contributed by atoms with van der Waals surface area (Å²) in [6, 6.07) is 1.10. The fraction of sp³-hybridized carbons (Fsp3) is 0.667. The van der Waals surface area contributed by atoms with Gasteiger partial charge in [0.15, 0.2) is 12.5 Å². The third-order valence-corrected chi connectivity index (χ3v) is 7.27. The van der Waals surface area contributed by atoms with Crippen LogP contribution in [0, 0.1) is 0 Å². The summed E-state index contributed by atoms with van der Waals surface area (Å²) < 4.78 is 39.7. The van der Waals surface area contributed by atoms with Crippen LogP contribution in [-0.4, -0.2) is 63.6 Å². The number of hydrogen-bond acceptors (Lipinski definition) is 10. The van der Waals surface area contributed by atoms with Crippen molar-refractivity contribution >= 4 is 31.6 Å². The molecule has 1 fully saturated rings. The fourth-order valence-corrected chi connectivity index (χ4v) is 5.23. The average Bonchev–Trinajstić information content (AvgIpc) is 2.96. The number of rotatable bonds is 9. The van der Waals surface area contributed by atoms with Crippen LogP contribution in [0.15, 0.2) is 26.8 Å². The van der Waals surface area contributed by atoms with Gasteiger partial charge in [0.05, 0.1) is 6.10 Å². The molecule has 13 nitrogen and oxygen atoms in total. The second-order valence-electron chi connectivity index (χ2n) is 6.71. The summed E-state index contributed by atoms with van der Waals surface area (Å²) in [5, 5.41) is 0. The van der Waals surface area contributed by atoms with Crippen molar-refractivity contribution in [2.45, 2.75) is 51.5 Å². The Kier molecular flexibility index (Phi) is 8.67. The predicted octanol–water partition coefficient (Wildman–Crippen LogP) is 0.684. The van der Waals surface area contributed by atoms with E-state index in [9.17, 15) is 23.9 Å². The van der Waals surface area contributed by atoms with Gasteiger partial charge in [0, 0.05) is 26.5 Å². The van der Waals surface area contributed by atoms with E-state index in [1.807, 2.05) is 0 Å². The Bertz CT molecular complexity index is 1020. The third-order valence-electron chi connectivity index (χ3n) is 4.13. The summed E-state index contributed by atoms with van der Waals surface area (Å²) in [5.41, 5.74) is -1.73. The molecule has 1 aromatic heterocycles. The molecule has 176 valence electrons. The Morgan fingerprint density at radius 3 is 2.48 bits per heavy atom. The number of ether oxygens (including phenoxy) is 2. The first-order valence-corrected chi connectivity index (χ1v) is 13.1. The summed E-state index contributed by atoms with van der Waals surface area (Å²) in [7, 11) is -1.88. The van der Waals surface area contributed by atoms with Gasteiger partial charge >= 0.3 is 20.0 Å². The third kappa shape index (κ3) is 6.48. The van der Waals surface area contributed by atoms with Crippen LogP contribution in [0.5, 0.6) is 0 Å². The van der Waals surface area contributed by atoms with E-state index in [2.05, 4.69) is 14.5 Å². The first-order chi connectivity index (χ1) is 14.3. The van der Waals surface area contributed by atoms with Crippen molar-refractivity contribution in [1.82, 2.24) is 9.55 Å². The Morgan fingerprint density at radius 1 is 1.32 bits per heavy atom. The molecule has 31 heavy (non-hydrogen) atoms. The van der Waals surface area contributed by atoms with Crippen molar-refractivity contribution in [2.75, 3.05) is 14.2 Å². The number of methoxy groups -OCH3 is 1. The van der Waals surface area contributed by atoms with Crippen LogP contribution >= 0.6 is 14.3 Å². The summed E-state index contributed by atoms with van der Waals surface area (Å²) in [6.45, 7) is 0.706. The second kappa shape index (κ2) is 10.3. The van der Waals surface area contributed by atoms with Crippen molar-refractivity contribution in [1.29, 1.82) is 0 Å². The maximum Gasteiger partial charge on any atom is 0.371 e. The number of aromatic nitrogens is 2. The van der Waals surface area contributed by atoms with Gasteiger partial charge in [0.1, 0.15) is 17.7 Å². The zero-order chi connectivity index (χ0) is 23.6. The van der Waals surface area contributed by atoms with Crippen LogP contribution in [0.4, 0.5) is 0 Å². The van der Waals surface area contributed by atoms with E-state index in [1.165, 1.54) is 20.2 Å². The number of H-pyrrole nitrogens is 1. The minimum atomic E-state index is -4.21. The first-order valence-electron chi connectivity index (χ1n) is 8.94. The molecule has 3 N–H and O–H groups in total. The summed E-state index contributed by atoms with van der Waals surface area (Å²) >= 11 is 5.04. The van der Waals surface area contributed by atoms with Gasteiger partial charge < -0.3 is 28.3 Å². The topological polar surface area (TPSA) is 171 Å². The van der Waals surface area contributed by atoms with Gasteiger partial charge in [-0.05, 0) is 32.6 Å². The van der Waals surface area contributed by atoms with Crippen molar-refractivity contribution in [3.05, 3.63) is 33.1 Å². The Labute approximate surface area is 182 Å². The van der Waals surface area contributed by atoms with E-state index < -0.39 is 56.3 Å². The van der Waals surface area contributed by atoms with E-state index in [0.717, 1.165) is 17.7 Å². The molecular weight excluding hydrogens is 476 g/mol. The Balaban J connectivity index is 2.52. The maximum absolute atomic E-state index is 12.3. The Hall–Kier alpha value is -1.05. The number of nitrogens with zero attached hydrogens (tertiary/aromatic N) is 2. The van der Waals surface area contributed by atoms with E-state index in [-0.39, 0.29) is 5.45 Å². The SMILES string of the molecule is COC1C(OP(O)(=S)OC(C)C)[C@@H](/N=C(\C)P(=O)(O)OC)O[C@H]1n1ccc(=O)[nH]c1=O. The lowest BCUT2D eigenvalue weighted by Crippen LogP contribution is -2.39. The van der Waals surface area contributed by atoms with E-state index in [4.69, 9.17) is 30.3 Å². The lowest BCUT2D eigenvalue weighted by Gasteiger charge is -2.27. The normalized spacial score (nSPS) is 28.5. The minimum absolute atomic E-state index is 0.311. The summed E-state index contributed by atoms with van der Waals surface area (Å²) in [5.74, 6) is 0. The van der Waals surface area contributed by atoms with Crippen molar-refractivity contribution in [3.63, 3.8) is 0 Å². The van der Waals surface area contributed by atoms with E-state index >= 15 is 0 Å². The predicted molar refractivity (Wildman–Crippen MR) is 114 cm³/mol. The van der Waals surface area contributed by atoms with Gasteiger partial charge in [-0.15, -0.1) is 0 Å². The maximum atomic E-state index is 12.3. The van der Waals surface area contributed by atoms with Gasteiger partial charge in [-0.1, -0.05) is 0 Å². The zero-order valence-electron chi connectivity index (χ0n) is 17.4. The van der Waals surface area contributed by atoms with Gasteiger partial charge in [0.25, 0.3) is 5.56 Å². The lowest BCUT2D eigenvalue weighted by atomic mass is 10.2. The largest absolute Gasteiger partial charge is 0.374 e. The smallest absolute Gasteiger partial charge is 0.371 e. The van der Waals surface area contributed by atoms with Crippen LogP contribution in [-0.2, 0) is 39.4 Å². The van der Waals surface area contributed by atoms with Gasteiger partial charge in [-0.3, -0.25) is 23.4 Å². The standard InChI is InChI=1S/C15H25N3O10P2S/c1-8(2)27-30(23,31)28-11-12(24-4)14(18-7-6-10(19)17-15(18)20)26-13(11)16-9(3)29(21,22)25-5/h6-8,11-14H,1-5H3,(H,21,22)(H,23,31)(H,17,19,20)/b16-9+/t11?,12?,13-,14+,30?/m0/s1. The molecule has 2 heterocycles. The molecule has 1 aliphatic heterocycles. The van der Waals surface area contributed by atoms with Crippen molar-refractivity contribution in [2.24, 2.45) is 4.99 Å². The molecule has 6 atom stereocenters. The van der Waals surface area contributed by atoms with Crippen LogP contribution in [0.2, 0.25) is 0 Å². The molecule has 16 heteroatoms. The highest BCUT2D eigenvalue weighted by Gasteiger charge is 2.50. The van der Waals surface area contributed by atoms with Gasteiger partial charge in [0.2, 0.25) is 0 Å².